The SMILES string of the molecule is COc1ccc2c(c1)CCC(c1ccccc1)C2c1cc[c]cc1. The summed E-state index contributed by atoms with van der Waals surface area (Å²) in [6.07, 6.45) is 2.26. The van der Waals surface area contributed by atoms with Gasteiger partial charge in [0.2, 0.25) is 0 Å². The van der Waals surface area contributed by atoms with Gasteiger partial charge in [0.05, 0.1) is 7.11 Å². The quantitative estimate of drug-likeness (QED) is 0.632. The smallest absolute Gasteiger partial charge is 0.119 e. The summed E-state index contributed by atoms with van der Waals surface area (Å²) >= 11 is 0. The minimum absolute atomic E-state index is 0.386. The van der Waals surface area contributed by atoms with Crippen LogP contribution in [-0.2, 0) is 6.42 Å². The first kappa shape index (κ1) is 15.0. The van der Waals surface area contributed by atoms with Crippen LogP contribution in [-0.4, -0.2) is 7.11 Å². The summed E-state index contributed by atoms with van der Waals surface area (Å²) < 4.78 is 5.43. The van der Waals surface area contributed by atoms with Crippen LogP contribution < -0.4 is 4.74 Å². The minimum Gasteiger partial charge on any atom is -0.497 e. The highest BCUT2D eigenvalue weighted by atomic mass is 16.5. The van der Waals surface area contributed by atoms with Gasteiger partial charge in [0.15, 0.2) is 0 Å². The molecule has 0 saturated heterocycles. The second-order valence-corrected chi connectivity index (χ2v) is 6.43. The summed E-state index contributed by atoms with van der Waals surface area (Å²) in [4.78, 5) is 0. The van der Waals surface area contributed by atoms with Gasteiger partial charge in [-0.1, -0.05) is 60.7 Å². The molecule has 0 spiro atoms. The van der Waals surface area contributed by atoms with E-state index >= 15 is 0 Å². The van der Waals surface area contributed by atoms with Gasteiger partial charge in [0.25, 0.3) is 0 Å². The van der Waals surface area contributed by atoms with Crippen molar-refractivity contribution in [3.05, 3.63) is 101 Å². The molecule has 0 heterocycles. The lowest BCUT2D eigenvalue weighted by Gasteiger charge is -2.35. The molecule has 1 aliphatic carbocycles. The third-order valence-corrected chi connectivity index (χ3v) is 5.14. The van der Waals surface area contributed by atoms with Crippen molar-refractivity contribution in [1.82, 2.24) is 0 Å². The molecule has 0 aliphatic heterocycles. The number of rotatable bonds is 3. The summed E-state index contributed by atoms with van der Waals surface area (Å²) in [6.45, 7) is 0. The largest absolute Gasteiger partial charge is 0.497 e. The maximum Gasteiger partial charge on any atom is 0.119 e. The van der Waals surface area contributed by atoms with Gasteiger partial charge >= 0.3 is 0 Å². The highest BCUT2D eigenvalue weighted by Crippen LogP contribution is 2.46. The molecule has 4 rings (SSSR count). The number of hydrogen-bond acceptors (Lipinski definition) is 1. The first-order valence-electron chi connectivity index (χ1n) is 8.54. The molecule has 3 aromatic carbocycles. The molecular formula is C23H21O. The van der Waals surface area contributed by atoms with Crippen LogP contribution in [0, 0.1) is 6.07 Å². The van der Waals surface area contributed by atoms with Crippen molar-refractivity contribution in [3.8, 4) is 5.75 Å². The Morgan fingerprint density at radius 3 is 2.46 bits per heavy atom. The molecule has 1 heteroatoms. The zero-order valence-electron chi connectivity index (χ0n) is 13.9. The summed E-state index contributed by atoms with van der Waals surface area (Å²) in [5.41, 5.74) is 5.65. The molecule has 2 atom stereocenters. The predicted molar refractivity (Wildman–Crippen MR) is 97.6 cm³/mol. The third-order valence-electron chi connectivity index (χ3n) is 5.14. The van der Waals surface area contributed by atoms with Crippen molar-refractivity contribution >= 4 is 0 Å². The fourth-order valence-electron chi connectivity index (χ4n) is 4.00. The normalized spacial score (nSPS) is 19.5. The van der Waals surface area contributed by atoms with Gasteiger partial charge in [0.1, 0.15) is 5.75 Å². The Morgan fingerprint density at radius 2 is 1.71 bits per heavy atom. The molecule has 0 N–H and O–H groups in total. The van der Waals surface area contributed by atoms with E-state index in [0.29, 0.717) is 11.8 Å². The highest BCUT2D eigenvalue weighted by molar-refractivity contribution is 5.47. The van der Waals surface area contributed by atoms with Gasteiger partial charge in [-0.15, -0.1) is 0 Å². The first-order chi connectivity index (χ1) is 11.9. The van der Waals surface area contributed by atoms with E-state index in [9.17, 15) is 0 Å². The van der Waals surface area contributed by atoms with Crippen molar-refractivity contribution < 1.29 is 4.74 Å². The number of methoxy groups -OCH3 is 1. The van der Waals surface area contributed by atoms with Crippen LogP contribution in [0.15, 0.2) is 72.8 Å². The molecular weight excluding hydrogens is 292 g/mol. The lowest BCUT2D eigenvalue weighted by Crippen LogP contribution is -2.20. The Balaban J connectivity index is 1.84. The van der Waals surface area contributed by atoms with E-state index in [2.05, 4.69) is 66.7 Å². The van der Waals surface area contributed by atoms with Gasteiger partial charge in [-0.05, 0) is 59.2 Å². The Bertz CT molecular complexity index is 808. The summed E-state index contributed by atoms with van der Waals surface area (Å²) in [6, 6.07) is 29.1. The Morgan fingerprint density at radius 1 is 0.917 bits per heavy atom. The molecule has 1 aliphatic rings. The van der Waals surface area contributed by atoms with Crippen molar-refractivity contribution in [1.29, 1.82) is 0 Å². The van der Waals surface area contributed by atoms with Crippen LogP contribution in [0.3, 0.4) is 0 Å². The van der Waals surface area contributed by atoms with Gasteiger partial charge < -0.3 is 4.74 Å². The molecule has 24 heavy (non-hydrogen) atoms. The zero-order chi connectivity index (χ0) is 16.4. The monoisotopic (exact) mass is 313 g/mol. The lowest BCUT2D eigenvalue weighted by atomic mass is 9.69. The number of aryl methyl sites for hydroxylation is 1. The van der Waals surface area contributed by atoms with Gasteiger partial charge in [0, 0.05) is 5.92 Å². The first-order valence-corrected chi connectivity index (χ1v) is 8.54. The fraction of sp³-hybridized carbons (Fsp3) is 0.217. The fourth-order valence-corrected chi connectivity index (χ4v) is 4.00. The summed E-state index contributed by atoms with van der Waals surface area (Å²) in [5, 5.41) is 0. The van der Waals surface area contributed by atoms with Crippen LogP contribution in [0.5, 0.6) is 5.75 Å². The van der Waals surface area contributed by atoms with Crippen molar-refractivity contribution in [3.63, 3.8) is 0 Å². The highest BCUT2D eigenvalue weighted by Gasteiger charge is 2.31. The molecule has 0 saturated carbocycles. The maximum atomic E-state index is 5.43. The summed E-state index contributed by atoms with van der Waals surface area (Å²) in [5.74, 6) is 1.85. The average molecular weight is 313 g/mol. The molecule has 0 fully saturated rings. The van der Waals surface area contributed by atoms with E-state index < -0.39 is 0 Å². The van der Waals surface area contributed by atoms with E-state index in [1.54, 1.807) is 7.11 Å². The van der Waals surface area contributed by atoms with Gasteiger partial charge in [-0.2, -0.15) is 0 Å². The van der Waals surface area contributed by atoms with E-state index in [1.165, 1.54) is 22.3 Å². The number of benzene rings is 3. The van der Waals surface area contributed by atoms with Crippen LogP contribution in [0.2, 0.25) is 0 Å². The maximum absolute atomic E-state index is 5.43. The summed E-state index contributed by atoms with van der Waals surface area (Å²) in [7, 11) is 1.74. The topological polar surface area (TPSA) is 9.23 Å². The molecule has 1 radical (unpaired) electrons. The predicted octanol–water partition coefficient (Wildman–Crippen LogP) is 5.36. The van der Waals surface area contributed by atoms with Crippen LogP contribution >= 0.6 is 0 Å². The standard InChI is InChI=1S/C23H21O/c1-24-20-13-15-22-19(16-20)12-14-21(17-8-4-2-5-9-17)23(22)18-10-6-3-7-11-18/h2,4-11,13,15-16,21,23H,12,14H2,1H3. The number of hydrogen-bond donors (Lipinski definition) is 0. The van der Waals surface area contributed by atoms with Gasteiger partial charge in [-0.3, -0.25) is 0 Å². The van der Waals surface area contributed by atoms with E-state index in [-0.39, 0.29) is 0 Å². The second-order valence-electron chi connectivity index (χ2n) is 6.43. The number of ether oxygens (including phenoxy) is 1. The van der Waals surface area contributed by atoms with E-state index in [4.69, 9.17) is 4.74 Å². The third kappa shape index (κ3) is 2.71. The van der Waals surface area contributed by atoms with Gasteiger partial charge in [-0.25, -0.2) is 0 Å². The van der Waals surface area contributed by atoms with Crippen LogP contribution in [0.4, 0.5) is 0 Å². The minimum atomic E-state index is 0.386. The molecule has 0 bridgehead atoms. The lowest BCUT2D eigenvalue weighted by molar-refractivity contribution is 0.412. The second kappa shape index (κ2) is 6.52. The molecule has 3 aromatic rings. The van der Waals surface area contributed by atoms with E-state index in [1.807, 2.05) is 12.1 Å². The molecule has 1 nitrogen and oxygen atoms in total. The van der Waals surface area contributed by atoms with Crippen molar-refractivity contribution in [2.75, 3.05) is 7.11 Å². The number of fused-ring (bicyclic) bond motifs is 1. The van der Waals surface area contributed by atoms with Crippen molar-refractivity contribution in [2.45, 2.75) is 24.7 Å². The zero-order valence-corrected chi connectivity index (χ0v) is 13.9. The van der Waals surface area contributed by atoms with Crippen LogP contribution in [0.1, 0.15) is 40.5 Å². The van der Waals surface area contributed by atoms with Crippen molar-refractivity contribution in [2.24, 2.45) is 0 Å². The molecule has 2 unspecified atom stereocenters. The average Bonchev–Trinajstić information content (AvgIpc) is 2.68. The van der Waals surface area contributed by atoms with Crippen LogP contribution in [0.25, 0.3) is 0 Å². The Labute approximate surface area is 143 Å². The van der Waals surface area contributed by atoms with E-state index in [0.717, 1.165) is 18.6 Å². The Hall–Kier alpha value is -2.54. The molecule has 0 amide bonds. The Kier molecular flexibility index (Phi) is 4.08. The molecule has 119 valence electrons. The molecule has 0 aromatic heterocycles.